The predicted octanol–water partition coefficient (Wildman–Crippen LogP) is 1.34. The van der Waals surface area contributed by atoms with E-state index < -0.39 is 9.84 Å². The first-order valence-corrected chi connectivity index (χ1v) is 6.25. The van der Waals surface area contributed by atoms with Crippen molar-refractivity contribution in [3.63, 3.8) is 0 Å². The molecule has 0 amide bonds. The Labute approximate surface area is 83.6 Å². The Morgan fingerprint density at radius 3 is 2.14 bits per heavy atom. The van der Waals surface area contributed by atoms with Crippen LogP contribution in [0.15, 0.2) is 29.2 Å². The fourth-order valence-corrected chi connectivity index (χ4v) is 1.96. The summed E-state index contributed by atoms with van der Waals surface area (Å²) in [6.45, 7) is 2.70. The van der Waals surface area contributed by atoms with E-state index in [1.165, 1.54) is 6.26 Å². The minimum Gasteiger partial charge on any atom is -0.365 e. The molecule has 14 heavy (non-hydrogen) atoms. The first-order chi connectivity index (χ1) is 6.42. The highest BCUT2D eigenvalue weighted by Gasteiger charge is 2.40. The second kappa shape index (κ2) is 2.81. The van der Waals surface area contributed by atoms with E-state index in [4.69, 9.17) is 4.74 Å². The molecule has 0 aliphatic carbocycles. The zero-order valence-corrected chi connectivity index (χ0v) is 8.97. The SMILES string of the molecule is CC1(c2ccc(S(C)(=O)=O)cc2)CO1. The molecule has 0 spiro atoms. The van der Waals surface area contributed by atoms with Crippen molar-refractivity contribution in [3.05, 3.63) is 29.8 Å². The van der Waals surface area contributed by atoms with Gasteiger partial charge in [-0.15, -0.1) is 0 Å². The van der Waals surface area contributed by atoms with Crippen LogP contribution in [0.3, 0.4) is 0 Å². The first-order valence-electron chi connectivity index (χ1n) is 4.36. The lowest BCUT2D eigenvalue weighted by Crippen LogP contribution is -2.03. The van der Waals surface area contributed by atoms with Gasteiger partial charge >= 0.3 is 0 Å². The van der Waals surface area contributed by atoms with Gasteiger partial charge in [0.1, 0.15) is 5.60 Å². The Morgan fingerprint density at radius 1 is 1.29 bits per heavy atom. The number of hydrogen-bond donors (Lipinski definition) is 0. The summed E-state index contributed by atoms with van der Waals surface area (Å²) in [5, 5.41) is 0. The van der Waals surface area contributed by atoms with Gasteiger partial charge in [-0.05, 0) is 24.6 Å². The van der Waals surface area contributed by atoms with Gasteiger partial charge in [-0.1, -0.05) is 12.1 Å². The summed E-state index contributed by atoms with van der Waals surface area (Å²) >= 11 is 0. The third kappa shape index (κ3) is 1.67. The maximum atomic E-state index is 11.2. The van der Waals surface area contributed by atoms with Crippen molar-refractivity contribution in [1.82, 2.24) is 0 Å². The fraction of sp³-hybridized carbons (Fsp3) is 0.400. The Kier molecular flexibility index (Phi) is 1.94. The monoisotopic (exact) mass is 212 g/mol. The van der Waals surface area contributed by atoms with E-state index in [1.807, 2.05) is 19.1 Å². The molecule has 76 valence electrons. The average molecular weight is 212 g/mol. The molecule has 3 nitrogen and oxygen atoms in total. The topological polar surface area (TPSA) is 46.7 Å². The van der Waals surface area contributed by atoms with E-state index in [0.717, 1.165) is 5.56 Å². The number of epoxide rings is 1. The van der Waals surface area contributed by atoms with E-state index in [2.05, 4.69) is 0 Å². The van der Waals surface area contributed by atoms with Crippen molar-refractivity contribution in [3.8, 4) is 0 Å². The van der Waals surface area contributed by atoms with Gasteiger partial charge in [0.15, 0.2) is 9.84 Å². The molecule has 1 heterocycles. The van der Waals surface area contributed by atoms with Crippen LogP contribution in [0, 0.1) is 0 Å². The zero-order chi connectivity index (χ0) is 10.4. The van der Waals surface area contributed by atoms with Crippen molar-refractivity contribution in [2.45, 2.75) is 17.4 Å². The van der Waals surface area contributed by atoms with Gasteiger partial charge in [0.05, 0.1) is 11.5 Å². The Morgan fingerprint density at radius 2 is 1.79 bits per heavy atom. The summed E-state index contributed by atoms with van der Waals surface area (Å²) in [4.78, 5) is 0.352. The largest absolute Gasteiger partial charge is 0.365 e. The predicted molar refractivity (Wildman–Crippen MR) is 52.9 cm³/mol. The van der Waals surface area contributed by atoms with Crippen LogP contribution in [0.2, 0.25) is 0 Å². The molecule has 1 fully saturated rings. The smallest absolute Gasteiger partial charge is 0.175 e. The summed E-state index contributed by atoms with van der Waals surface area (Å²) in [6, 6.07) is 6.86. The third-order valence-corrected chi connectivity index (χ3v) is 3.60. The normalized spacial score (nSPS) is 26.1. The van der Waals surface area contributed by atoms with Gasteiger partial charge in [-0.3, -0.25) is 0 Å². The molecular formula is C10H12O3S. The molecule has 0 bridgehead atoms. The quantitative estimate of drug-likeness (QED) is 0.695. The Balaban J connectivity index is 2.36. The Hall–Kier alpha value is -0.870. The molecular weight excluding hydrogens is 200 g/mol. The van der Waals surface area contributed by atoms with Crippen molar-refractivity contribution in [2.75, 3.05) is 12.9 Å². The molecule has 1 aliphatic rings. The molecule has 0 N–H and O–H groups in total. The molecule has 4 heteroatoms. The summed E-state index contributed by atoms with van der Waals surface area (Å²) in [7, 11) is -3.09. The highest BCUT2D eigenvalue weighted by molar-refractivity contribution is 7.90. The number of benzene rings is 1. The first kappa shape index (κ1) is 9.68. The van der Waals surface area contributed by atoms with E-state index in [1.54, 1.807) is 12.1 Å². The molecule has 0 radical (unpaired) electrons. The second-order valence-electron chi connectivity index (χ2n) is 3.82. The second-order valence-corrected chi connectivity index (χ2v) is 5.83. The van der Waals surface area contributed by atoms with Gasteiger partial charge in [-0.2, -0.15) is 0 Å². The molecule has 0 saturated carbocycles. The van der Waals surface area contributed by atoms with Crippen LogP contribution in [0.5, 0.6) is 0 Å². The molecule has 1 unspecified atom stereocenters. The van der Waals surface area contributed by atoms with Crippen molar-refractivity contribution in [2.24, 2.45) is 0 Å². The van der Waals surface area contributed by atoms with E-state index in [9.17, 15) is 8.42 Å². The van der Waals surface area contributed by atoms with Crippen molar-refractivity contribution >= 4 is 9.84 Å². The van der Waals surface area contributed by atoms with E-state index in [-0.39, 0.29) is 5.60 Å². The summed E-state index contributed by atoms with van der Waals surface area (Å²) < 4.78 is 27.6. The van der Waals surface area contributed by atoms with Crippen LogP contribution in [0.4, 0.5) is 0 Å². The van der Waals surface area contributed by atoms with Gasteiger partial charge in [-0.25, -0.2) is 8.42 Å². The van der Waals surface area contributed by atoms with Crippen LogP contribution < -0.4 is 0 Å². The summed E-state index contributed by atoms with van der Waals surface area (Å²) in [5.74, 6) is 0. The van der Waals surface area contributed by atoms with E-state index >= 15 is 0 Å². The zero-order valence-electron chi connectivity index (χ0n) is 8.15. The molecule has 1 aromatic carbocycles. The summed E-state index contributed by atoms with van der Waals surface area (Å²) in [6.07, 6.45) is 1.21. The molecule has 0 aromatic heterocycles. The molecule has 1 saturated heterocycles. The van der Waals surface area contributed by atoms with Crippen molar-refractivity contribution < 1.29 is 13.2 Å². The van der Waals surface area contributed by atoms with Crippen LogP contribution in [-0.4, -0.2) is 21.3 Å². The number of rotatable bonds is 2. The van der Waals surface area contributed by atoms with Crippen LogP contribution in [0.1, 0.15) is 12.5 Å². The maximum Gasteiger partial charge on any atom is 0.175 e. The minimum absolute atomic E-state index is 0.184. The van der Waals surface area contributed by atoms with E-state index in [0.29, 0.717) is 11.5 Å². The van der Waals surface area contributed by atoms with Gasteiger partial charge in [0.25, 0.3) is 0 Å². The van der Waals surface area contributed by atoms with Gasteiger partial charge < -0.3 is 4.74 Å². The molecule has 2 rings (SSSR count). The minimum atomic E-state index is -3.09. The number of hydrogen-bond acceptors (Lipinski definition) is 3. The highest BCUT2D eigenvalue weighted by atomic mass is 32.2. The highest BCUT2D eigenvalue weighted by Crippen LogP contribution is 2.37. The van der Waals surface area contributed by atoms with Crippen molar-refractivity contribution in [1.29, 1.82) is 0 Å². The lowest BCUT2D eigenvalue weighted by Gasteiger charge is -2.05. The number of ether oxygens (including phenoxy) is 1. The standard InChI is InChI=1S/C10H12O3S/c1-10(7-13-10)8-3-5-9(6-4-8)14(2,11)12/h3-6H,7H2,1-2H3. The van der Waals surface area contributed by atoms with Gasteiger partial charge in [0, 0.05) is 6.26 Å². The average Bonchev–Trinajstić information content (AvgIpc) is 2.84. The lowest BCUT2D eigenvalue weighted by molar-refractivity contribution is 0.329. The lowest BCUT2D eigenvalue weighted by atomic mass is 10.0. The fourth-order valence-electron chi connectivity index (χ4n) is 1.33. The third-order valence-electron chi connectivity index (χ3n) is 2.47. The number of sulfone groups is 1. The van der Waals surface area contributed by atoms with Crippen LogP contribution in [-0.2, 0) is 20.2 Å². The summed E-state index contributed by atoms with van der Waals surface area (Å²) in [5.41, 5.74) is 0.848. The maximum absolute atomic E-state index is 11.2. The van der Waals surface area contributed by atoms with Crippen LogP contribution >= 0.6 is 0 Å². The van der Waals surface area contributed by atoms with Crippen LogP contribution in [0.25, 0.3) is 0 Å². The molecule has 1 aromatic rings. The Bertz CT molecular complexity index is 441. The molecule has 1 atom stereocenters. The van der Waals surface area contributed by atoms with Gasteiger partial charge in [0.2, 0.25) is 0 Å². The molecule has 1 aliphatic heterocycles.